The number of Topliss-reactive ketones (excluding diaryl/α,β-unsaturated/α-hetero) is 1. The van der Waals surface area contributed by atoms with E-state index in [-0.39, 0.29) is 36.8 Å². The fraction of sp³-hybridized carbons (Fsp3) is 0.270. The van der Waals surface area contributed by atoms with E-state index in [1.54, 1.807) is 39.2 Å². The number of nitrogens with zero attached hydrogens (tertiary/aromatic N) is 2. The van der Waals surface area contributed by atoms with Gasteiger partial charge in [-0.05, 0) is 44.2 Å². The zero-order valence-corrected chi connectivity index (χ0v) is 27.8. The highest BCUT2D eigenvalue weighted by Crippen LogP contribution is 2.45. The summed E-state index contributed by atoms with van der Waals surface area (Å²) in [5, 5.41) is 13.8. The molecule has 6 aromatic rings. The topological polar surface area (TPSA) is 130 Å². The maximum atomic E-state index is 13.5. The first-order valence-corrected chi connectivity index (χ1v) is 15.1. The minimum absolute atomic E-state index is 0. The van der Waals surface area contributed by atoms with Gasteiger partial charge in [0.1, 0.15) is 5.69 Å². The summed E-state index contributed by atoms with van der Waals surface area (Å²) in [7, 11) is 4.61. The quantitative estimate of drug-likeness (QED) is 0.0936. The Kier molecular flexibility index (Phi) is 12.4. The number of alkyl halides is 3. The molecule has 0 saturated carbocycles. The van der Waals surface area contributed by atoms with Crippen LogP contribution in [0.1, 0.15) is 53.5 Å². The molecule has 0 aliphatic heterocycles. The van der Waals surface area contributed by atoms with E-state index >= 15 is 0 Å². The van der Waals surface area contributed by atoms with E-state index in [1.165, 1.54) is 36.7 Å². The molecule has 1 amide bonds. The molecule has 13 heteroatoms. The number of ketones is 1. The van der Waals surface area contributed by atoms with Crippen molar-refractivity contribution in [3.05, 3.63) is 108 Å². The number of aliphatic hydroxyl groups is 1. The fourth-order valence-electron chi connectivity index (χ4n) is 5.28. The summed E-state index contributed by atoms with van der Waals surface area (Å²) in [6, 6.07) is 25.6. The smallest absolute Gasteiger partial charge is 0.432 e. The van der Waals surface area contributed by atoms with Crippen molar-refractivity contribution in [2.45, 2.75) is 40.0 Å². The lowest BCUT2D eigenvalue weighted by molar-refractivity contribution is -0.267. The third-order valence-electron chi connectivity index (χ3n) is 7.97. The van der Waals surface area contributed by atoms with E-state index in [0.29, 0.717) is 16.9 Å². The van der Waals surface area contributed by atoms with Crippen molar-refractivity contribution in [2.24, 2.45) is 7.05 Å². The number of ether oxygens (including phenoxy) is 1. The van der Waals surface area contributed by atoms with Crippen molar-refractivity contribution >= 4 is 50.4 Å². The van der Waals surface area contributed by atoms with Gasteiger partial charge in [-0.2, -0.15) is 13.2 Å². The van der Waals surface area contributed by atoms with E-state index in [1.807, 2.05) is 60.7 Å². The zero-order valence-electron chi connectivity index (χ0n) is 27.8. The number of fused-ring (bicyclic) bond motifs is 3. The number of H-pyrrole nitrogens is 2. The summed E-state index contributed by atoms with van der Waals surface area (Å²) in [6.45, 7) is 4.10. The van der Waals surface area contributed by atoms with Crippen molar-refractivity contribution in [1.82, 2.24) is 19.6 Å². The Labute approximate surface area is 287 Å². The number of rotatable bonds is 6. The van der Waals surface area contributed by atoms with Gasteiger partial charge in [-0.3, -0.25) is 14.4 Å². The number of hydroxylamine groups is 2. The maximum absolute atomic E-state index is 13.5. The number of carbonyl (C=O) groups is 3. The van der Waals surface area contributed by atoms with Crippen LogP contribution in [0.2, 0.25) is 0 Å². The molecule has 1 unspecified atom stereocenters. The van der Waals surface area contributed by atoms with Gasteiger partial charge in [0.25, 0.3) is 11.5 Å². The number of aryl methyl sites for hydroxylation is 1. The Morgan fingerprint density at radius 2 is 1.38 bits per heavy atom. The number of benzene rings is 3. The highest BCUT2D eigenvalue weighted by molar-refractivity contribution is 5.98. The van der Waals surface area contributed by atoms with Crippen LogP contribution < -0.4 is 0 Å². The summed E-state index contributed by atoms with van der Waals surface area (Å²) in [4.78, 5) is 45.5. The molecule has 0 aliphatic carbocycles. The van der Waals surface area contributed by atoms with Crippen LogP contribution in [0.15, 0.2) is 84.9 Å². The molecule has 0 bridgehead atoms. The molecule has 3 aromatic carbocycles. The van der Waals surface area contributed by atoms with Crippen molar-refractivity contribution in [3.8, 4) is 0 Å². The van der Waals surface area contributed by atoms with E-state index in [9.17, 15) is 32.7 Å². The molecule has 0 radical (unpaired) electrons. The zero-order chi connectivity index (χ0) is 36.1. The minimum atomic E-state index is -5.20. The van der Waals surface area contributed by atoms with Gasteiger partial charge in [0.05, 0.1) is 19.4 Å². The van der Waals surface area contributed by atoms with Crippen LogP contribution in [0.4, 0.5) is 13.2 Å². The standard InChI is InChI=1S/C15H16F3NO3.C11H12N2O2.C10H9NO.CH4/c1-4-22-13(20)14(21,15(16,17)18)12-9(2)19(3)11-8-6-5-7-10(11)12;1-13(15-2)11(14)10-7-8-5-3-4-6-9(8)12-10;1-7(12)10-6-8-4-2-3-5-9(8)11-10;/h5-8,21H,4H2,1-3H3;3-7,12H,1-2H3;2-6,11H,1H3;1H4. The number of para-hydroxylation sites is 3. The Bertz CT molecular complexity index is 2050. The number of esters is 1. The summed E-state index contributed by atoms with van der Waals surface area (Å²) in [5.74, 6) is -1.83. The first kappa shape index (κ1) is 39.0. The normalized spacial score (nSPS) is 12.2. The largest absolute Gasteiger partial charge is 0.463 e. The first-order valence-electron chi connectivity index (χ1n) is 15.1. The minimum Gasteiger partial charge on any atom is -0.463 e. The molecule has 0 aliphatic rings. The lowest BCUT2D eigenvalue weighted by Crippen LogP contribution is -2.50. The number of amides is 1. The molecule has 0 fully saturated rings. The van der Waals surface area contributed by atoms with Crippen LogP contribution in [0.5, 0.6) is 0 Å². The summed E-state index contributed by atoms with van der Waals surface area (Å²) < 4.78 is 46.5. The molecule has 6 rings (SSSR count). The van der Waals surface area contributed by atoms with Crippen LogP contribution in [0.3, 0.4) is 0 Å². The second kappa shape index (κ2) is 15.9. The lowest BCUT2D eigenvalue weighted by Gasteiger charge is -2.28. The van der Waals surface area contributed by atoms with Crippen LogP contribution in [0, 0.1) is 6.92 Å². The highest BCUT2D eigenvalue weighted by Gasteiger charge is 2.63. The Morgan fingerprint density at radius 3 is 1.88 bits per heavy atom. The summed E-state index contributed by atoms with van der Waals surface area (Å²) >= 11 is 0. The van der Waals surface area contributed by atoms with Gasteiger partial charge in [0, 0.05) is 65.0 Å². The molecule has 0 saturated heterocycles. The summed E-state index contributed by atoms with van der Waals surface area (Å²) in [6.07, 6.45) is -5.20. The number of nitrogens with one attached hydrogen (secondary N) is 2. The average Bonchev–Trinajstić information content (AvgIpc) is 3.78. The number of halogens is 3. The Hall–Kier alpha value is -5.40. The van der Waals surface area contributed by atoms with Crippen molar-refractivity contribution in [3.63, 3.8) is 0 Å². The van der Waals surface area contributed by atoms with Gasteiger partial charge in [-0.25, -0.2) is 9.86 Å². The van der Waals surface area contributed by atoms with Gasteiger partial charge in [-0.1, -0.05) is 62.0 Å². The highest BCUT2D eigenvalue weighted by atomic mass is 19.4. The van der Waals surface area contributed by atoms with Crippen molar-refractivity contribution in [2.75, 3.05) is 20.8 Å². The first-order chi connectivity index (χ1) is 23.1. The van der Waals surface area contributed by atoms with Gasteiger partial charge in [0.2, 0.25) is 0 Å². The number of aromatic nitrogens is 3. The molecule has 3 aromatic heterocycles. The molecule has 266 valence electrons. The van der Waals surface area contributed by atoms with E-state index in [0.717, 1.165) is 21.8 Å². The molecular weight excluding hydrogens is 653 g/mol. The molecular formula is C37H41F3N4O6. The van der Waals surface area contributed by atoms with Crippen LogP contribution in [0.25, 0.3) is 32.7 Å². The van der Waals surface area contributed by atoms with Crippen LogP contribution in [-0.4, -0.2) is 69.3 Å². The number of carbonyl (C=O) groups excluding carboxylic acids is 3. The molecule has 3 N–H and O–H groups in total. The second-order valence-corrected chi connectivity index (χ2v) is 11.0. The Balaban J connectivity index is 0.000000211. The molecule has 50 heavy (non-hydrogen) atoms. The number of hydrogen-bond acceptors (Lipinski definition) is 6. The predicted molar refractivity (Wildman–Crippen MR) is 187 cm³/mol. The monoisotopic (exact) mass is 694 g/mol. The predicted octanol–water partition coefficient (Wildman–Crippen LogP) is 7.61. The second-order valence-electron chi connectivity index (χ2n) is 11.0. The van der Waals surface area contributed by atoms with Gasteiger partial charge < -0.3 is 24.4 Å². The van der Waals surface area contributed by atoms with Crippen molar-refractivity contribution < 1.29 is 42.2 Å². The van der Waals surface area contributed by atoms with Gasteiger partial charge >= 0.3 is 12.1 Å². The molecule has 3 heterocycles. The Morgan fingerprint density at radius 1 is 0.880 bits per heavy atom. The van der Waals surface area contributed by atoms with E-state index < -0.39 is 23.3 Å². The number of aromatic amines is 2. The van der Waals surface area contributed by atoms with Gasteiger partial charge in [-0.15, -0.1) is 0 Å². The molecule has 1 atom stereocenters. The maximum Gasteiger partial charge on any atom is 0.432 e. The van der Waals surface area contributed by atoms with E-state index in [4.69, 9.17) is 4.84 Å². The van der Waals surface area contributed by atoms with Crippen LogP contribution >= 0.6 is 0 Å². The van der Waals surface area contributed by atoms with E-state index in [2.05, 4.69) is 14.7 Å². The van der Waals surface area contributed by atoms with Gasteiger partial charge in [0.15, 0.2) is 5.78 Å². The lowest BCUT2D eigenvalue weighted by atomic mass is 9.90. The third kappa shape index (κ3) is 7.74. The average molecular weight is 695 g/mol. The summed E-state index contributed by atoms with van der Waals surface area (Å²) in [5.41, 5.74) is -0.383. The third-order valence-corrected chi connectivity index (χ3v) is 7.97. The van der Waals surface area contributed by atoms with Crippen LogP contribution in [-0.2, 0) is 27.0 Å². The SMILES string of the molecule is C.CC(=O)c1cc2ccccc2[nH]1.CCOC(=O)C(O)(c1c(C)n(C)c2ccccc12)C(F)(F)F.CON(C)C(=O)c1cc2ccccc2[nH]1. The van der Waals surface area contributed by atoms with Crippen molar-refractivity contribution in [1.29, 1.82) is 0 Å². The number of hydrogen-bond donors (Lipinski definition) is 3. The molecule has 0 spiro atoms. The molecule has 10 nitrogen and oxygen atoms in total. The fourth-order valence-corrected chi connectivity index (χ4v) is 5.28.